The summed E-state index contributed by atoms with van der Waals surface area (Å²) in [6, 6.07) is 13.4. The number of carbonyl (C=O) groups excluding carboxylic acids is 1. The number of thiocarbonyl (C=S) groups is 1. The number of aryl methyl sites for hydroxylation is 1. The van der Waals surface area contributed by atoms with Gasteiger partial charge in [-0.1, -0.05) is 29.8 Å². The molecule has 0 saturated carbocycles. The van der Waals surface area contributed by atoms with Gasteiger partial charge in [0.05, 0.1) is 18.2 Å². The van der Waals surface area contributed by atoms with Crippen molar-refractivity contribution in [1.82, 2.24) is 5.32 Å². The molecular formula is C22H23FN2O3S. The highest BCUT2D eigenvalue weighted by molar-refractivity contribution is 7.80. The van der Waals surface area contributed by atoms with Gasteiger partial charge in [-0.25, -0.2) is 9.18 Å². The van der Waals surface area contributed by atoms with Crippen LogP contribution >= 0.6 is 12.2 Å². The highest BCUT2D eigenvalue weighted by atomic mass is 32.1. The van der Waals surface area contributed by atoms with E-state index in [1.807, 2.05) is 38.1 Å². The molecular weight excluding hydrogens is 391 g/mol. The lowest BCUT2D eigenvalue weighted by Crippen LogP contribution is -2.48. The number of ether oxygens (including phenoxy) is 2. The highest BCUT2D eigenvalue weighted by Crippen LogP contribution is 2.34. The molecule has 3 rings (SSSR count). The predicted molar refractivity (Wildman–Crippen MR) is 114 cm³/mol. The minimum atomic E-state index is -0.451. The Kier molecular flexibility index (Phi) is 6.61. The zero-order valence-corrected chi connectivity index (χ0v) is 17.4. The third-order valence-electron chi connectivity index (χ3n) is 4.69. The van der Waals surface area contributed by atoms with Gasteiger partial charge in [-0.05, 0) is 55.9 Å². The molecule has 0 radical (unpaired) electrons. The van der Waals surface area contributed by atoms with E-state index in [0.717, 1.165) is 11.1 Å². The van der Waals surface area contributed by atoms with Crippen LogP contribution in [0.15, 0.2) is 59.8 Å². The van der Waals surface area contributed by atoms with Crippen molar-refractivity contribution < 1.29 is 18.7 Å². The Labute approximate surface area is 175 Å². The van der Waals surface area contributed by atoms with Gasteiger partial charge in [0.15, 0.2) is 5.11 Å². The lowest BCUT2D eigenvalue weighted by molar-refractivity contribution is -0.140. The molecule has 5 nitrogen and oxygen atoms in total. The standard InChI is InChI=1S/C22H23FN2O3S/c1-14-5-4-6-16(13-14)20-19(21(26)28-12-11-27-3)15(2)25(22(29)24-20)18-9-7-17(23)8-10-18/h4-10,13,20H,11-12H2,1-3H3,(H,24,29)/t20-/m1/s1. The number of esters is 1. The van der Waals surface area contributed by atoms with E-state index in [0.29, 0.717) is 28.7 Å². The molecule has 1 heterocycles. The van der Waals surface area contributed by atoms with Crippen LogP contribution < -0.4 is 10.2 Å². The monoisotopic (exact) mass is 414 g/mol. The molecule has 1 atom stereocenters. The number of hydrogen-bond donors (Lipinski definition) is 1. The van der Waals surface area contributed by atoms with Crippen LogP contribution in [0.25, 0.3) is 0 Å². The first-order valence-electron chi connectivity index (χ1n) is 9.22. The molecule has 1 aliphatic rings. The van der Waals surface area contributed by atoms with Crippen LogP contribution in [-0.2, 0) is 14.3 Å². The van der Waals surface area contributed by atoms with Gasteiger partial charge in [0.25, 0.3) is 0 Å². The van der Waals surface area contributed by atoms with Crippen molar-refractivity contribution in [3.05, 3.63) is 76.7 Å². The molecule has 0 fully saturated rings. The van der Waals surface area contributed by atoms with Crippen LogP contribution in [0.3, 0.4) is 0 Å². The van der Waals surface area contributed by atoms with E-state index in [2.05, 4.69) is 5.32 Å². The van der Waals surface area contributed by atoms with Crippen LogP contribution in [0, 0.1) is 12.7 Å². The van der Waals surface area contributed by atoms with E-state index < -0.39 is 12.0 Å². The first-order valence-corrected chi connectivity index (χ1v) is 9.62. The number of rotatable bonds is 6. The zero-order valence-electron chi connectivity index (χ0n) is 16.6. The summed E-state index contributed by atoms with van der Waals surface area (Å²) >= 11 is 5.59. The number of hydrogen-bond acceptors (Lipinski definition) is 4. The third-order valence-corrected chi connectivity index (χ3v) is 4.99. The average Bonchev–Trinajstić information content (AvgIpc) is 2.69. The zero-order chi connectivity index (χ0) is 21.0. The summed E-state index contributed by atoms with van der Waals surface area (Å²) in [7, 11) is 1.55. The number of methoxy groups -OCH3 is 1. The van der Waals surface area contributed by atoms with E-state index in [1.165, 1.54) is 12.1 Å². The molecule has 0 aliphatic carbocycles. The molecule has 29 heavy (non-hydrogen) atoms. The number of allylic oxidation sites excluding steroid dienone is 1. The fourth-order valence-electron chi connectivity index (χ4n) is 3.30. The van der Waals surface area contributed by atoms with Crippen molar-refractivity contribution in [2.75, 3.05) is 25.2 Å². The van der Waals surface area contributed by atoms with Crippen LogP contribution in [0.4, 0.5) is 10.1 Å². The van der Waals surface area contributed by atoms with Crippen molar-refractivity contribution in [3.8, 4) is 0 Å². The molecule has 0 bridgehead atoms. The lowest BCUT2D eigenvalue weighted by Gasteiger charge is -2.37. The minimum Gasteiger partial charge on any atom is -0.460 e. The maximum atomic E-state index is 13.4. The highest BCUT2D eigenvalue weighted by Gasteiger charge is 2.35. The summed E-state index contributed by atoms with van der Waals surface area (Å²) in [5, 5.41) is 3.67. The Morgan fingerprint density at radius 1 is 1.17 bits per heavy atom. The third kappa shape index (κ3) is 4.63. The fourth-order valence-corrected chi connectivity index (χ4v) is 3.66. The SMILES string of the molecule is COCCOC(=O)C1=C(C)N(c2ccc(F)cc2)C(=S)N[C@@H]1c1cccc(C)c1. The second-order valence-corrected chi connectivity index (χ2v) is 7.12. The molecule has 0 saturated heterocycles. The first-order chi connectivity index (χ1) is 13.9. The first kappa shape index (κ1) is 21.0. The van der Waals surface area contributed by atoms with Crippen LogP contribution in [0.1, 0.15) is 24.1 Å². The number of nitrogens with zero attached hydrogens (tertiary/aromatic N) is 1. The van der Waals surface area contributed by atoms with Crippen molar-refractivity contribution in [3.63, 3.8) is 0 Å². The summed E-state index contributed by atoms with van der Waals surface area (Å²) in [5.74, 6) is -0.795. The van der Waals surface area contributed by atoms with Crippen molar-refractivity contribution >= 4 is 29.0 Å². The van der Waals surface area contributed by atoms with E-state index in [-0.39, 0.29) is 12.4 Å². The second kappa shape index (κ2) is 9.15. The van der Waals surface area contributed by atoms with E-state index in [4.69, 9.17) is 21.7 Å². The molecule has 1 aliphatic heterocycles. The predicted octanol–water partition coefficient (Wildman–Crippen LogP) is 4.03. The van der Waals surface area contributed by atoms with Crippen molar-refractivity contribution in [2.24, 2.45) is 0 Å². The number of anilines is 1. The Hall–Kier alpha value is -2.77. The lowest BCUT2D eigenvalue weighted by atomic mass is 9.94. The van der Waals surface area contributed by atoms with Gasteiger partial charge in [0.1, 0.15) is 12.4 Å². The summed E-state index contributed by atoms with van der Waals surface area (Å²) < 4.78 is 23.8. The second-order valence-electron chi connectivity index (χ2n) is 6.74. The molecule has 0 aromatic heterocycles. The van der Waals surface area contributed by atoms with Crippen LogP contribution in [0.5, 0.6) is 0 Å². The van der Waals surface area contributed by atoms with Gasteiger partial charge >= 0.3 is 5.97 Å². The molecule has 2 aromatic rings. The summed E-state index contributed by atoms with van der Waals surface area (Å²) in [5.41, 5.74) is 3.72. The van der Waals surface area contributed by atoms with Crippen molar-refractivity contribution in [1.29, 1.82) is 0 Å². The van der Waals surface area contributed by atoms with E-state index in [9.17, 15) is 9.18 Å². The maximum absolute atomic E-state index is 13.4. The van der Waals surface area contributed by atoms with Gasteiger partial charge in [0.2, 0.25) is 0 Å². The van der Waals surface area contributed by atoms with Crippen LogP contribution in [-0.4, -0.2) is 31.4 Å². The molecule has 2 aromatic carbocycles. The topological polar surface area (TPSA) is 50.8 Å². The molecule has 0 unspecified atom stereocenters. The van der Waals surface area contributed by atoms with Gasteiger partial charge in [-0.15, -0.1) is 0 Å². The maximum Gasteiger partial charge on any atom is 0.338 e. The van der Waals surface area contributed by atoms with Gasteiger partial charge in [0, 0.05) is 18.5 Å². The summed E-state index contributed by atoms with van der Waals surface area (Å²) in [6.45, 7) is 4.25. The Morgan fingerprint density at radius 2 is 1.90 bits per heavy atom. The fraction of sp³-hybridized carbons (Fsp3) is 0.273. The molecule has 1 N–H and O–H groups in total. The smallest absolute Gasteiger partial charge is 0.338 e. The minimum absolute atomic E-state index is 0.146. The normalized spacial score (nSPS) is 16.6. The number of halogens is 1. The summed E-state index contributed by atoms with van der Waals surface area (Å²) in [6.07, 6.45) is 0. The van der Waals surface area contributed by atoms with Crippen molar-refractivity contribution in [2.45, 2.75) is 19.9 Å². The summed E-state index contributed by atoms with van der Waals surface area (Å²) in [4.78, 5) is 14.7. The quantitative estimate of drug-likeness (QED) is 0.438. The Balaban J connectivity index is 2.06. The Bertz CT molecular complexity index is 943. The molecule has 0 amide bonds. The van der Waals surface area contributed by atoms with Gasteiger partial charge < -0.3 is 14.8 Å². The molecule has 0 spiro atoms. The largest absolute Gasteiger partial charge is 0.460 e. The Morgan fingerprint density at radius 3 is 2.55 bits per heavy atom. The number of carbonyl (C=O) groups is 1. The van der Waals surface area contributed by atoms with Gasteiger partial charge in [-0.2, -0.15) is 0 Å². The number of benzene rings is 2. The van der Waals surface area contributed by atoms with Gasteiger partial charge in [-0.3, -0.25) is 4.90 Å². The van der Waals surface area contributed by atoms with Crippen LogP contribution in [0.2, 0.25) is 0 Å². The van der Waals surface area contributed by atoms with E-state index in [1.54, 1.807) is 24.1 Å². The molecule has 152 valence electrons. The molecule has 7 heteroatoms. The van der Waals surface area contributed by atoms with E-state index >= 15 is 0 Å². The average molecular weight is 415 g/mol. The number of nitrogens with one attached hydrogen (secondary N) is 1.